The number of hydrogen-bond donors (Lipinski definition) is 4. The van der Waals surface area contributed by atoms with Crippen molar-refractivity contribution >= 4 is 55.7 Å². The number of hydrogen-bond acceptors (Lipinski definition) is 7. The Morgan fingerprint density at radius 1 is 1.08 bits per heavy atom. The Bertz CT molecular complexity index is 1760. The van der Waals surface area contributed by atoms with Crippen molar-refractivity contribution < 1.29 is 14.9 Å². The van der Waals surface area contributed by atoms with Gasteiger partial charge in [-0.25, -0.2) is 9.97 Å². The predicted molar refractivity (Wildman–Crippen MR) is 148 cm³/mol. The van der Waals surface area contributed by atoms with Crippen LogP contribution in [0.4, 0.5) is 0 Å². The van der Waals surface area contributed by atoms with Crippen molar-refractivity contribution in [1.29, 1.82) is 5.41 Å². The first-order chi connectivity index (χ1) is 17.5. The fourth-order valence-electron chi connectivity index (χ4n) is 4.65. The van der Waals surface area contributed by atoms with E-state index in [2.05, 4.69) is 15.0 Å². The molecule has 4 N–H and O–H groups in total. The highest BCUT2D eigenvalue weighted by Crippen LogP contribution is 2.41. The third-order valence-corrected chi connectivity index (χ3v) is 6.52. The number of aliphatic hydroxyl groups excluding tert-OH is 1. The van der Waals surface area contributed by atoms with Gasteiger partial charge in [0.05, 0.1) is 29.5 Å². The van der Waals surface area contributed by atoms with Gasteiger partial charge in [0.15, 0.2) is 5.82 Å². The second-order valence-electron chi connectivity index (χ2n) is 9.51. The van der Waals surface area contributed by atoms with Crippen LogP contribution < -0.4 is 4.74 Å². The standard InChI is InChI=1S/C28H26ClN5O3/c1-13(30)23(14(2)35)19-11-21-18(12-22(19)37-5)24-25(33-27(28(3,4)36)34-26(24)32-21)16-8-9-31-20-7-6-15(29)10-17(16)20/h6-12,30,35-36H,1-5H3,(H,32,33,34)/b23-14+,30-13?. The Morgan fingerprint density at radius 2 is 1.84 bits per heavy atom. The summed E-state index contributed by atoms with van der Waals surface area (Å²) < 4.78 is 5.70. The summed E-state index contributed by atoms with van der Waals surface area (Å²) >= 11 is 6.35. The van der Waals surface area contributed by atoms with E-state index in [1.807, 2.05) is 30.3 Å². The van der Waals surface area contributed by atoms with E-state index in [-0.39, 0.29) is 17.3 Å². The lowest BCUT2D eigenvalue weighted by atomic mass is 9.97. The first kappa shape index (κ1) is 24.7. The molecule has 188 valence electrons. The molecular formula is C28H26ClN5O3. The number of aliphatic hydroxyl groups is 2. The molecule has 0 saturated heterocycles. The number of nitrogens with zero attached hydrogens (tertiary/aromatic N) is 3. The van der Waals surface area contributed by atoms with E-state index in [4.69, 9.17) is 26.7 Å². The number of allylic oxidation sites excluding steroid dienone is 2. The van der Waals surface area contributed by atoms with Crippen molar-refractivity contribution in [3.05, 3.63) is 64.8 Å². The molecule has 0 radical (unpaired) electrons. The summed E-state index contributed by atoms with van der Waals surface area (Å²) in [7, 11) is 1.55. The summed E-state index contributed by atoms with van der Waals surface area (Å²) in [5.74, 6) is 0.762. The number of halogens is 1. The molecule has 0 aliphatic heterocycles. The maximum absolute atomic E-state index is 10.8. The van der Waals surface area contributed by atoms with Crippen molar-refractivity contribution in [2.45, 2.75) is 33.3 Å². The number of rotatable bonds is 5. The van der Waals surface area contributed by atoms with Crippen molar-refractivity contribution in [2.75, 3.05) is 7.11 Å². The molecule has 5 rings (SSSR count). The summed E-state index contributed by atoms with van der Waals surface area (Å²) in [4.78, 5) is 17.3. The normalized spacial score (nSPS) is 12.8. The van der Waals surface area contributed by atoms with E-state index >= 15 is 0 Å². The van der Waals surface area contributed by atoms with E-state index < -0.39 is 5.60 Å². The molecule has 0 amide bonds. The highest BCUT2D eigenvalue weighted by molar-refractivity contribution is 6.31. The Labute approximate surface area is 218 Å². The summed E-state index contributed by atoms with van der Waals surface area (Å²) in [5, 5.41) is 32.2. The summed E-state index contributed by atoms with van der Waals surface area (Å²) in [6.07, 6.45) is 1.71. The van der Waals surface area contributed by atoms with Crippen LogP contribution in [0.5, 0.6) is 5.75 Å². The molecule has 0 aliphatic carbocycles. The summed E-state index contributed by atoms with van der Waals surface area (Å²) in [6.45, 7) is 6.43. The molecule has 8 nitrogen and oxygen atoms in total. The fourth-order valence-corrected chi connectivity index (χ4v) is 4.82. The monoisotopic (exact) mass is 515 g/mol. The molecule has 2 aromatic carbocycles. The lowest BCUT2D eigenvalue weighted by Gasteiger charge is -2.17. The fraction of sp³-hybridized carbons (Fsp3) is 0.214. The number of ether oxygens (including phenoxy) is 1. The van der Waals surface area contributed by atoms with Gasteiger partial charge in [0, 0.05) is 49.9 Å². The predicted octanol–water partition coefficient (Wildman–Crippen LogP) is 6.54. The van der Waals surface area contributed by atoms with Crippen molar-refractivity contribution in [2.24, 2.45) is 0 Å². The third kappa shape index (κ3) is 4.18. The Hall–Kier alpha value is -4.01. The van der Waals surface area contributed by atoms with Crippen LogP contribution >= 0.6 is 11.6 Å². The van der Waals surface area contributed by atoms with Crippen LogP contribution in [0.3, 0.4) is 0 Å². The second-order valence-corrected chi connectivity index (χ2v) is 9.94. The SMILES string of the molecule is COc1cc2c(cc1/C(C(C)=N)=C(\C)O)[nH]c1nc(C(C)(C)O)nc(-c3ccnc4ccc(Cl)cc34)c12. The number of aromatic amines is 1. The largest absolute Gasteiger partial charge is 0.512 e. The van der Waals surface area contributed by atoms with Crippen LogP contribution in [0.1, 0.15) is 39.1 Å². The second kappa shape index (κ2) is 8.83. The Morgan fingerprint density at radius 3 is 2.49 bits per heavy atom. The third-order valence-electron chi connectivity index (χ3n) is 6.28. The van der Waals surface area contributed by atoms with E-state index in [0.717, 1.165) is 27.2 Å². The van der Waals surface area contributed by atoms with Gasteiger partial charge >= 0.3 is 0 Å². The number of H-pyrrole nitrogens is 1. The molecule has 0 aliphatic rings. The van der Waals surface area contributed by atoms with Crippen LogP contribution in [0.25, 0.3) is 49.7 Å². The maximum Gasteiger partial charge on any atom is 0.162 e. The van der Waals surface area contributed by atoms with E-state index in [1.54, 1.807) is 47.1 Å². The van der Waals surface area contributed by atoms with Crippen LogP contribution in [-0.2, 0) is 5.60 Å². The minimum Gasteiger partial charge on any atom is -0.512 e. The average Bonchev–Trinajstić information content (AvgIpc) is 3.19. The molecule has 5 aromatic rings. The molecule has 3 aromatic heterocycles. The number of methoxy groups -OCH3 is 1. The minimum atomic E-state index is -1.30. The Kier molecular flexibility index (Phi) is 5.89. The lowest BCUT2D eigenvalue weighted by molar-refractivity contribution is 0.0692. The van der Waals surface area contributed by atoms with Gasteiger partial charge in [0.1, 0.15) is 17.0 Å². The van der Waals surface area contributed by atoms with Crippen LogP contribution in [0.2, 0.25) is 5.02 Å². The van der Waals surface area contributed by atoms with Crippen LogP contribution in [0, 0.1) is 5.41 Å². The molecule has 9 heteroatoms. The van der Waals surface area contributed by atoms with Gasteiger partial charge in [-0.1, -0.05) is 11.6 Å². The lowest BCUT2D eigenvalue weighted by Crippen LogP contribution is -2.20. The zero-order valence-corrected chi connectivity index (χ0v) is 21.8. The average molecular weight is 516 g/mol. The topological polar surface area (TPSA) is 128 Å². The van der Waals surface area contributed by atoms with E-state index in [1.165, 1.54) is 0 Å². The van der Waals surface area contributed by atoms with E-state index in [0.29, 0.717) is 38.8 Å². The quantitative estimate of drug-likeness (QED) is 0.155. The molecule has 0 atom stereocenters. The first-order valence-electron chi connectivity index (χ1n) is 11.6. The zero-order valence-electron chi connectivity index (χ0n) is 21.1. The van der Waals surface area contributed by atoms with Gasteiger partial charge in [-0.2, -0.15) is 0 Å². The van der Waals surface area contributed by atoms with Crippen molar-refractivity contribution in [1.82, 2.24) is 19.9 Å². The number of nitrogens with one attached hydrogen (secondary N) is 2. The van der Waals surface area contributed by atoms with Gasteiger partial charge < -0.3 is 25.3 Å². The number of aromatic nitrogens is 4. The number of pyridine rings is 1. The number of benzene rings is 2. The summed E-state index contributed by atoms with van der Waals surface area (Å²) in [6, 6.07) is 11.0. The molecule has 0 spiro atoms. The highest BCUT2D eigenvalue weighted by atomic mass is 35.5. The minimum absolute atomic E-state index is 0.0196. The molecule has 37 heavy (non-hydrogen) atoms. The van der Waals surface area contributed by atoms with Gasteiger partial charge in [-0.15, -0.1) is 0 Å². The highest BCUT2D eigenvalue weighted by Gasteiger charge is 2.26. The smallest absolute Gasteiger partial charge is 0.162 e. The zero-order chi connectivity index (χ0) is 26.6. The van der Waals surface area contributed by atoms with Gasteiger partial charge in [0.2, 0.25) is 0 Å². The summed E-state index contributed by atoms with van der Waals surface area (Å²) in [5.41, 5.74) is 3.26. The molecule has 0 fully saturated rings. The molecule has 3 heterocycles. The molecule has 0 bridgehead atoms. The molecule has 0 saturated carbocycles. The van der Waals surface area contributed by atoms with Crippen molar-refractivity contribution in [3.8, 4) is 17.0 Å². The van der Waals surface area contributed by atoms with Crippen LogP contribution in [-0.4, -0.2) is 43.0 Å². The maximum atomic E-state index is 10.8. The molecule has 0 unspecified atom stereocenters. The molecular weight excluding hydrogens is 490 g/mol. The van der Waals surface area contributed by atoms with Gasteiger partial charge in [-0.05, 0) is 64.1 Å². The van der Waals surface area contributed by atoms with Gasteiger partial charge in [0.25, 0.3) is 0 Å². The Balaban J connectivity index is 1.94. The first-order valence-corrected chi connectivity index (χ1v) is 12.0. The van der Waals surface area contributed by atoms with E-state index in [9.17, 15) is 10.2 Å². The van der Waals surface area contributed by atoms with Gasteiger partial charge in [-0.3, -0.25) is 4.98 Å². The van der Waals surface area contributed by atoms with Crippen LogP contribution in [0.15, 0.2) is 48.4 Å². The number of fused-ring (bicyclic) bond motifs is 4. The van der Waals surface area contributed by atoms with Crippen molar-refractivity contribution in [3.63, 3.8) is 0 Å².